The second kappa shape index (κ2) is 6.53. The predicted molar refractivity (Wildman–Crippen MR) is 81.3 cm³/mol. The predicted octanol–water partition coefficient (Wildman–Crippen LogP) is 3.81. The molecule has 0 atom stereocenters. The van der Waals surface area contributed by atoms with Gasteiger partial charge >= 0.3 is 0 Å². The number of benzene rings is 2. The van der Waals surface area contributed by atoms with Crippen LogP contribution in [0.2, 0.25) is 0 Å². The summed E-state index contributed by atoms with van der Waals surface area (Å²) >= 11 is 0. The molecule has 0 saturated heterocycles. The molecule has 0 radical (unpaired) electrons. The van der Waals surface area contributed by atoms with E-state index in [1.165, 1.54) is 13.2 Å². The van der Waals surface area contributed by atoms with Crippen LogP contribution in [0.1, 0.15) is 22.3 Å². The Morgan fingerprint density at radius 2 is 1.62 bits per heavy atom. The number of methoxy groups -OCH3 is 1. The minimum absolute atomic E-state index is 0.0737. The monoisotopic (exact) mass is 286 g/mol. The van der Waals surface area contributed by atoms with Crippen LogP contribution < -0.4 is 4.74 Å². The summed E-state index contributed by atoms with van der Waals surface area (Å²) in [5, 5.41) is 0. The van der Waals surface area contributed by atoms with Crippen LogP contribution >= 0.6 is 0 Å². The number of hydrogen-bond donors (Lipinski definition) is 0. The zero-order chi connectivity index (χ0) is 15.4. The number of hydrogen-bond acceptors (Lipinski definition) is 2. The Balaban J connectivity index is 2.06. The highest BCUT2D eigenvalue weighted by Gasteiger charge is 2.09. The summed E-state index contributed by atoms with van der Waals surface area (Å²) in [4.78, 5) is 12.1. The van der Waals surface area contributed by atoms with E-state index in [0.717, 1.165) is 16.7 Å². The Labute approximate surface area is 124 Å². The van der Waals surface area contributed by atoms with E-state index in [0.29, 0.717) is 12.0 Å². The van der Waals surface area contributed by atoms with Crippen molar-refractivity contribution in [3.8, 4) is 5.75 Å². The van der Waals surface area contributed by atoms with Crippen LogP contribution in [0.4, 0.5) is 4.39 Å². The van der Waals surface area contributed by atoms with E-state index < -0.39 is 5.82 Å². The molecule has 2 aromatic rings. The first-order valence-corrected chi connectivity index (χ1v) is 6.89. The van der Waals surface area contributed by atoms with E-state index >= 15 is 0 Å². The summed E-state index contributed by atoms with van der Waals surface area (Å²) < 4.78 is 18.5. The molecule has 2 rings (SSSR count). The van der Waals surface area contributed by atoms with E-state index in [2.05, 4.69) is 6.07 Å². The van der Waals surface area contributed by atoms with Crippen molar-refractivity contribution in [3.05, 3.63) is 64.5 Å². The van der Waals surface area contributed by atoms with Gasteiger partial charge in [-0.2, -0.15) is 0 Å². The third-order valence-electron chi connectivity index (χ3n) is 3.30. The van der Waals surface area contributed by atoms with Crippen LogP contribution in [0, 0.1) is 19.7 Å². The Hall–Kier alpha value is -2.16. The molecule has 0 aliphatic rings. The van der Waals surface area contributed by atoms with Crippen LogP contribution in [0.5, 0.6) is 5.75 Å². The van der Waals surface area contributed by atoms with Crippen molar-refractivity contribution in [2.75, 3.05) is 7.11 Å². The summed E-state index contributed by atoms with van der Waals surface area (Å²) in [6, 6.07) is 10.7. The summed E-state index contributed by atoms with van der Waals surface area (Å²) in [6.07, 6.45) is 0.601. The first-order valence-electron chi connectivity index (χ1n) is 6.89. The molecule has 2 aromatic carbocycles. The molecule has 0 saturated carbocycles. The van der Waals surface area contributed by atoms with Crippen molar-refractivity contribution in [3.63, 3.8) is 0 Å². The summed E-state index contributed by atoms with van der Waals surface area (Å²) in [6.45, 7) is 4.03. The molecule has 0 amide bonds. The summed E-state index contributed by atoms with van der Waals surface area (Å²) in [7, 11) is 1.42. The molecular formula is C18H19FO2. The second-order valence-electron chi connectivity index (χ2n) is 5.36. The van der Waals surface area contributed by atoms with E-state index in [1.54, 1.807) is 12.1 Å². The normalized spacial score (nSPS) is 10.5. The Morgan fingerprint density at radius 3 is 2.19 bits per heavy atom. The molecule has 0 aromatic heterocycles. The molecule has 0 aliphatic carbocycles. The smallest absolute Gasteiger partial charge is 0.165 e. The molecule has 0 aliphatic heterocycles. The molecule has 110 valence electrons. The quantitative estimate of drug-likeness (QED) is 0.835. The van der Waals surface area contributed by atoms with Crippen LogP contribution in [0.25, 0.3) is 0 Å². The van der Waals surface area contributed by atoms with E-state index in [-0.39, 0.29) is 18.0 Å². The van der Waals surface area contributed by atoms with E-state index in [9.17, 15) is 9.18 Å². The average molecular weight is 286 g/mol. The lowest BCUT2D eigenvalue weighted by atomic mass is 9.99. The molecule has 0 N–H and O–H groups in total. The van der Waals surface area contributed by atoms with Gasteiger partial charge in [0.15, 0.2) is 11.6 Å². The van der Waals surface area contributed by atoms with Gasteiger partial charge in [-0.3, -0.25) is 4.79 Å². The van der Waals surface area contributed by atoms with Crippen molar-refractivity contribution >= 4 is 5.78 Å². The third kappa shape index (κ3) is 4.15. The van der Waals surface area contributed by atoms with Crippen molar-refractivity contribution in [2.45, 2.75) is 26.7 Å². The van der Waals surface area contributed by atoms with Gasteiger partial charge in [-0.05, 0) is 37.1 Å². The number of ketones is 1. The number of carbonyl (C=O) groups excluding carboxylic acids is 1. The highest BCUT2D eigenvalue weighted by Crippen LogP contribution is 2.18. The van der Waals surface area contributed by atoms with Crippen molar-refractivity contribution < 1.29 is 13.9 Å². The maximum Gasteiger partial charge on any atom is 0.165 e. The molecule has 3 heteroatoms. The number of halogens is 1. The lowest BCUT2D eigenvalue weighted by Gasteiger charge is -2.06. The zero-order valence-electron chi connectivity index (χ0n) is 12.6. The van der Waals surface area contributed by atoms with Gasteiger partial charge in [0.1, 0.15) is 5.78 Å². The first-order chi connectivity index (χ1) is 9.97. The van der Waals surface area contributed by atoms with Crippen molar-refractivity contribution in [1.29, 1.82) is 0 Å². The Kier molecular flexibility index (Phi) is 4.73. The lowest BCUT2D eigenvalue weighted by molar-refractivity contribution is -0.117. The zero-order valence-corrected chi connectivity index (χ0v) is 12.6. The van der Waals surface area contributed by atoms with Gasteiger partial charge in [-0.1, -0.05) is 35.4 Å². The van der Waals surface area contributed by atoms with Gasteiger partial charge in [0.2, 0.25) is 0 Å². The lowest BCUT2D eigenvalue weighted by Crippen LogP contribution is -2.07. The van der Waals surface area contributed by atoms with Gasteiger partial charge < -0.3 is 4.74 Å². The minimum atomic E-state index is -0.436. The molecule has 0 bridgehead atoms. The summed E-state index contributed by atoms with van der Waals surface area (Å²) in [5.41, 5.74) is 3.97. The van der Waals surface area contributed by atoms with Crippen LogP contribution in [0.3, 0.4) is 0 Å². The molecular weight excluding hydrogens is 267 g/mol. The van der Waals surface area contributed by atoms with Gasteiger partial charge in [0, 0.05) is 12.8 Å². The van der Waals surface area contributed by atoms with Crippen LogP contribution in [-0.2, 0) is 17.6 Å². The topological polar surface area (TPSA) is 26.3 Å². The second-order valence-corrected chi connectivity index (χ2v) is 5.36. The number of ether oxygens (including phenoxy) is 1. The van der Waals surface area contributed by atoms with Gasteiger partial charge in [-0.25, -0.2) is 4.39 Å². The average Bonchev–Trinajstić information content (AvgIpc) is 2.37. The van der Waals surface area contributed by atoms with Crippen LogP contribution in [-0.4, -0.2) is 12.9 Å². The standard InChI is InChI=1S/C18H19FO2/c1-12-6-13(2)8-15(7-12)10-16(20)9-14-4-5-18(21-3)17(19)11-14/h4-8,11H,9-10H2,1-3H3. The SMILES string of the molecule is COc1ccc(CC(=O)Cc2cc(C)cc(C)c2)cc1F. The highest BCUT2D eigenvalue weighted by molar-refractivity contribution is 5.83. The van der Waals surface area contributed by atoms with E-state index in [1.807, 2.05) is 26.0 Å². The fourth-order valence-corrected chi connectivity index (χ4v) is 2.51. The minimum Gasteiger partial charge on any atom is -0.494 e. The van der Waals surface area contributed by atoms with Crippen molar-refractivity contribution in [2.24, 2.45) is 0 Å². The fraction of sp³-hybridized carbons (Fsp3) is 0.278. The fourth-order valence-electron chi connectivity index (χ4n) is 2.51. The maximum absolute atomic E-state index is 13.6. The number of aryl methyl sites for hydroxylation is 2. The highest BCUT2D eigenvalue weighted by atomic mass is 19.1. The molecule has 0 spiro atoms. The number of Topliss-reactive ketones (excluding diaryl/α,β-unsaturated/α-hetero) is 1. The third-order valence-corrected chi connectivity index (χ3v) is 3.30. The van der Waals surface area contributed by atoms with Gasteiger partial charge in [0.25, 0.3) is 0 Å². The van der Waals surface area contributed by atoms with E-state index in [4.69, 9.17) is 4.74 Å². The molecule has 0 fully saturated rings. The largest absolute Gasteiger partial charge is 0.494 e. The molecule has 21 heavy (non-hydrogen) atoms. The van der Waals surface area contributed by atoms with Gasteiger partial charge in [0.05, 0.1) is 7.11 Å². The molecule has 2 nitrogen and oxygen atoms in total. The molecule has 0 unspecified atom stereocenters. The van der Waals surface area contributed by atoms with Gasteiger partial charge in [-0.15, -0.1) is 0 Å². The van der Waals surface area contributed by atoms with Crippen LogP contribution in [0.15, 0.2) is 36.4 Å². The molecule has 0 heterocycles. The first kappa shape index (κ1) is 15.2. The van der Waals surface area contributed by atoms with Crippen molar-refractivity contribution in [1.82, 2.24) is 0 Å². The number of rotatable bonds is 5. The maximum atomic E-state index is 13.6. The Morgan fingerprint density at radius 1 is 1.00 bits per heavy atom. The Bertz CT molecular complexity index is 642. The summed E-state index contributed by atoms with van der Waals surface area (Å²) in [5.74, 6) is -0.167. The number of carbonyl (C=O) groups is 1.